The molecule has 0 spiro atoms. The molecule has 0 bridgehead atoms. The number of hydrogen-bond acceptors (Lipinski definition) is 5. The van der Waals surface area contributed by atoms with E-state index in [1.807, 2.05) is 19.3 Å². The average molecular weight is 244 g/mol. The number of nitrogens with zero attached hydrogens (tertiary/aromatic N) is 2. The van der Waals surface area contributed by atoms with Crippen LogP contribution in [0, 0.1) is 5.92 Å². The van der Waals surface area contributed by atoms with Crippen LogP contribution in [0.1, 0.15) is 18.2 Å². The Bertz CT molecular complexity index is 468. The molecule has 90 valence electrons. The van der Waals surface area contributed by atoms with Crippen LogP contribution in [0.2, 0.25) is 0 Å². The first-order valence-electron chi connectivity index (χ1n) is 5.18. The van der Waals surface area contributed by atoms with Crippen LogP contribution in [0.5, 0.6) is 0 Å². The molecule has 1 aromatic heterocycles. The Morgan fingerprint density at radius 3 is 2.88 bits per heavy atom. The molecule has 0 aromatic carbocycles. The summed E-state index contributed by atoms with van der Waals surface area (Å²) in [5.41, 5.74) is 3.47. The largest absolute Gasteiger partial charge is 0.275 e. The molecule has 2 atom stereocenters. The van der Waals surface area contributed by atoms with E-state index < -0.39 is 9.84 Å². The molecule has 1 saturated heterocycles. The topological polar surface area (TPSA) is 90.0 Å². The van der Waals surface area contributed by atoms with Crippen molar-refractivity contribution < 1.29 is 8.42 Å². The second-order valence-electron chi connectivity index (χ2n) is 4.22. The van der Waals surface area contributed by atoms with E-state index in [1.54, 1.807) is 4.68 Å². The molecule has 1 aliphatic rings. The van der Waals surface area contributed by atoms with Gasteiger partial charge in [-0.05, 0) is 18.4 Å². The summed E-state index contributed by atoms with van der Waals surface area (Å²) in [6, 6.07) is 1.67. The maximum Gasteiger partial charge on any atom is 0.150 e. The summed E-state index contributed by atoms with van der Waals surface area (Å²) in [4.78, 5) is 0. The van der Waals surface area contributed by atoms with Crippen LogP contribution in [0.3, 0.4) is 0 Å². The second kappa shape index (κ2) is 4.15. The average Bonchev–Trinajstić information content (AvgIpc) is 2.75. The summed E-state index contributed by atoms with van der Waals surface area (Å²) < 4.78 is 24.5. The van der Waals surface area contributed by atoms with Gasteiger partial charge in [0.2, 0.25) is 0 Å². The summed E-state index contributed by atoms with van der Waals surface area (Å²) in [7, 11) is -1.06. The first kappa shape index (κ1) is 11.6. The second-order valence-corrected chi connectivity index (χ2v) is 6.45. The molecular formula is C9H16N4O2S. The fraction of sp³-hybridized carbons (Fsp3) is 0.667. The molecule has 2 unspecified atom stereocenters. The molecule has 1 aromatic rings. The van der Waals surface area contributed by atoms with Gasteiger partial charge in [-0.25, -0.2) is 8.42 Å². The van der Waals surface area contributed by atoms with E-state index in [0.29, 0.717) is 6.42 Å². The highest BCUT2D eigenvalue weighted by Gasteiger charge is 2.34. The third-order valence-corrected chi connectivity index (χ3v) is 4.77. The van der Waals surface area contributed by atoms with Gasteiger partial charge < -0.3 is 0 Å². The van der Waals surface area contributed by atoms with Gasteiger partial charge in [0, 0.05) is 13.2 Å². The molecule has 0 radical (unpaired) electrons. The summed E-state index contributed by atoms with van der Waals surface area (Å²) >= 11 is 0. The molecule has 16 heavy (non-hydrogen) atoms. The quantitative estimate of drug-likeness (QED) is 0.545. The van der Waals surface area contributed by atoms with Gasteiger partial charge >= 0.3 is 0 Å². The Hall–Kier alpha value is -0.920. The Labute approximate surface area is 94.7 Å². The Morgan fingerprint density at radius 2 is 2.44 bits per heavy atom. The third-order valence-electron chi connectivity index (χ3n) is 2.97. The van der Waals surface area contributed by atoms with Crippen molar-refractivity contribution in [3.63, 3.8) is 0 Å². The van der Waals surface area contributed by atoms with E-state index in [0.717, 1.165) is 5.69 Å². The Kier molecular flexibility index (Phi) is 3.00. The summed E-state index contributed by atoms with van der Waals surface area (Å²) in [5.74, 6) is 5.95. The van der Waals surface area contributed by atoms with Crippen LogP contribution < -0.4 is 11.3 Å². The van der Waals surface area contributed by atoms with Gasteiger partial charge in [-0.1, -0.05) is 0 Å². The lowest BCUT2D eigenvalue weighted by Crippen LogP contribution is -2.34. The van der Waals surface area contributed by atoms with Gasteiger partial charge in [-0.3, -0.25) is 16.0 Å². The predicted octanol–water partition coefficient (Wildman–Crippen LogP) is -0.641. The molecule has 3 N–H and O–H groups in total. The van der Waals surface area contributed by atoms with Crippen molar-refractivity contribution >= 4 is 9.84 Å². The molecule has 1 aliphatic heterocycles. The van der Waals surface area contributed by atoms with Gasteiger partial charge in [0.25, 0.3) is 0 Å². The molecule has 1 fully saturated rings. The molecule has 0 saturated carbocycles. The molecule has 6 nitrogen and oxygen atoms in total. The molecule has 2 rings (SSSR count). The lowest BCUT2D eigenvalue weighted by molar-refractivity contribution is 0.388. The number of aromatic nitrogens is 2. The number of sulfone groups is 1. The zero-order chi connectivity index (χ0) is 11.8. The van der Waals surface area contributed by atoms with Gasteiger partial charge in [-0.2, -0.15) is 5.10 Å². The Morgan fingerprint density at radius 1 is 1.69 bits per heavy atom. The Balaban J connectivity index is 2.18. The molecule has 2 heterocycles. The first-order valence-corrected chi connectivity index (χ1v) is 7.00. The first-order chi connectivity index (χ1) is 7.52. The summed E-state index contributed by atoms with van der Waals surface area (Å²) in [6.45, 7) is 0. The van der Waals surface area contributed by atoms with Crippen molar-refractivity contribution in [2.75, 3.05) is 11.5 Å². The van der Waals surface area contributed by atoms with Crippen LogP contribution in [0.25, 0.3) is 0 Å². The number of rotatable bonds is 3. The van der Waals surface area contributed by atoms with Crippen molar-refractivity contribution in [3.05, 3.63) is 18.0 Å². The lowest BCUT2D eigenvalue weighted by atomic mass is 9.97. The zero-order valence-electron chi connectivity index (χ0n) is 9.13. The highest BCUT2D eigenvalue weighted by Crippen LogP contribution is 2.29. The molecule has 7 heteroatoms. The summed E-state index contributed by atoms with van der Waals surface area (Å²) in [6.07, 6.45) is 2.47. The van der Waals surface area contributed by atoms with Crippen molar-refractivity contribution in [2.45, 2.75) is 12.5 Å². The monoisotopic (exact) mass is 244 g/mol. The highest BCUT2D eigenvalue weighted by atomic mass is 32.2. The van der Waals surface area contributed by atoms with Gasteiger partial charge in [0.15, 0.2) is 9.84 Å². The minimum absolute atomic E-state index is 0.0184. The van der Waals surface area contributed by atoms with Crippen molar-refractivity contribution in [1.29, 1.82) is 0 Å². The van der Waals surface area contributed by atoms with Crippen LogP contribution in [-0.2, 0) is 16.9 Å². The number of nitrogens with two attached hydrogens (primary N) is 1. The van der Waals surface area contributed by atoms with Crippen LogP contribution in [-0.4, -0.2) is 29.7 Å². The minimum atomic E-state index is -2.88. The van der Waals surface area contributed by atoms with Crippen LogP contribution in [0.4, 0.5) is 0 Å². The van der Waals surface area contributed by atoms with Gasteiger partial charge in [0.1, 0.15) is 0 Å². The number of hydrogen-bond donors (Lipinski definition) is 2. The SMILES string of the molecule is Cn1ccc(C(NN)C2CCS(=O)(=O)C2)n1. The van der Waals surface area contributed by atoms with Gasteiger partial charge in [0.05, 0.1) is 23.2 Å². The van der Waals surface area contributed by atoms with E-state index in [-0.39, 0.29) is 23.5 Å². The summed E-state index contributed by atoms with van der Waals surface area (Å²) in [5, 5.41) is 4.25. The molecule has 0 amide bonds. The predicted molar refractivity (Wildman–Crippen MR) is 60.0 cm³/mol. The molecule has 0 aliphatic carbocycles. The van der Waals surface area contributed by atoms with E-state index in [4.69, 9.17) is 5.84 Å². The smallest absolute Gasteiger partial charge is 0.150 e. The van der Waals surface area contributed by atoms with E-state index in [9.17, 15) is 8.42 Å². The fourth-order valence-electron chi connectivity index (χ4n) is 2.15. The maximum atomic E-state index is 11.4. The fourth-order valence-corrected chi connectivity index (χ4v) is 3.99. The van der Waals surface area contributed by atoms with Gasteiger partial charge in [-0.15, -0.1) is 0 Å². The third kappa shape index (κ3) is 2.26. The minimum Gasteiger partial charge on any atom is -0.275 e. The van der Waals surface area contributed by atoms with Crippen molar-refractivity contribution in [1.82, 2.24) is 15.2 Å². The zero-order valence-corrected chi connectivity index (χ0v) is 9.94. The van der Waals surface area contributed by atoms with Crippen molar-refractivity contribution in [2.24, 2.45) is 18.8 Å². The number of aryl methyl sites for hydroxylation is 1. The molecular weight excluding hydrogens is 228 g/mol. The van der Waals surface area contributed by atoms with E-state index >= 15 is 0 Å². The van der Waals surface area contributed by atoms with E-state index in [1.165, 1.54) is 0 Å². The van der Waals surface area contributed by atoms with Crippen LogP contribution >= 0.6 is 0 Å². The number of nitrogens with one attached hydrogen (secondary N) is 1. The number of hydrazine groups is 1. The standard InChI is InChI=1S/C9H16N4O2S/c1-13-4-2-8(12-13)9(11-10)7-3-5-16(14,15)6-7/h2,4,7,9,11H,3,5-6,10H2,1H3. The lowest BCUT2D eigenvalue weighted by Gasteiger charge is -2.19. The maximum absolute atomic E-state index is 11.4. The van der Waals surface area contributed by atoms with Crippen molar-refractivity contribution in [3.8, 4) is 0 Å². The van der Waals surface area contributed by atoms with E-state index in [2.05, 4.69) is 10.5 Å². The highest BCUT2D eigenvalue weighted by molar-refractivity contribution is 7.91. The van der Waals surface area contributed by atoms with Crippen LogP contribution in [0.15, 0.2) is 12.3 Å². The normalized spacial score (nSPS) is 25.8.